The van der Waals surface area contributed by atoms with Crippen molar-refractivity contribution >= 4 is 29.1 Å². The average Bonchev–Trinajstić information content (AvgIpc) is 2.92. The van der Waals surface area contributed by atoms with Crippen molar-refractivity contribution in [1.82, 2.24) is 16.2 Å². The van der Waals surface area contributed by atoms with Crippen LogP contribution in [0.2, 0.25) is 0 Å². The van der Waals surface area contributed by atoms with E-state index in [0.717, 1.165) is 0 Å². The summed E-state index contributed by atoms with van der Waals surface area (Å²) in [6.45, 7) is 1.67. The number of hydrogen-bond acceptors (Lipinski definition) is 4. The van der Waals surface area contributed by atoms with Gasteiger partial charge in [-0.2, -0.15) is 0 Å². The van der Waals surface area contributed by atoms with E-state index in [1.54, 1.807) is 37.3 Å². The van der Waals surface area contributed by atoms with Gasteiger partial charge in [-0.05, 0) is 37.3 Å². The van der Waals surface area contributed by atoms with Crippen molar-refractivity contribution in [2.75, 3.05) is 0 Å². The van der Waals surface area contributed by atoms with Crippen LogP contribution < -0.4 is 16.2 Å². The van der Waals surface area contributed by atoms with Gasteiger partial charge < -0.3 is 4.42 Å². The van der Waals surface area contributed by atoms with E-state index in [4.69, 9.17) is 16.6 Å². The van der Waals surface area contributed by atoms with Gasteiger partial charge in [0.1, 0.15) is 5.76 Å². The lowest BCUT2D eigenvalue weighted by Gasteiger charge is -2.10. The van der Waals surface area contributed by atoms with E-state index >= 15 is 0 Å². The summed E-state index contributed by atoms with van der Waals surface area (Å²) >= 11 is 4.93. The fraction of sp³-hybridized carbons (Fsp3) is 0.0714. The highest BCUT2D eigenvalue weighted by Crippen LogP contribution is 2.07. The van der Waals surface area contributed by atoms with E-state index in [0.29, 0.717) is 16.9 Å². The van der Waals surface area contributed by atoms with Gasteiger partial charge in [-0.15, -0.1) is 0 Å². The van der Waals surface area contributed by atoms with Crippen LogP contribution in [0.25, 0.3) is 0 Å². The molecule has 0 radical (unpaired) electrons. The predicted octanol–water partition coefficient (Wildman–Crippen LogP) is 1.54. The molecule has 0 aliphatic carbocycles. The first-order valence-electron chi connectivity index (χ1n) is 6.08. The van der Waals surface area contributed by atoms with Crippen LogP contribution in [0.15, 0.2) is 47.1 Å². The molecule has 1 aromatic heterocycles. The largest absolute Gasteiger partial charge is 0.469 e. The molecule has 0 aliphatic rings. The third kappa shape index (κ3) is 3.90. The standard InChI is InChI=1S/C14H13N3O3S/c1-9-11(7-8-20-9)13(19)16-17-14(21)15-12(18)10-5-3-2-4-6-10/h2-8H,1H3,(H,16,19)(H2,15,17,18,21). The van der Waals surface area contributed by atoms with E-state index in [9.17, 15) is 9.59 Å². The van der Waals surface area contributed by atoms with E-state index < -0.39 is 5.91 Å². The lowest BCUT2D eigenvalue weighted by molar-refractivity contribution is 0.0933. The number of carbonyl (C=O) groups excluding carboxylic acids is 2. The summed E-state index contributed by atoms with van der Waals surface area (Å²) in [6.07, 6.45) is 1.42. The molecule has 1 heterocycles. The monoisotopic (exact) mass is 303 g/mol. The molecule has 21 heavy (non-hydrogen) atoms. The fourth-order valence-corrected chi connectivity index (χ4v) is 1.74. The second kappa shape index (κ2) is 6.67. The van der Waals surface area contributed by atoms with Gasteiger partial charge in [0, 0.05) is 5.56 Å². The second-order valence-corrected chi connectivity index (χ2v) is 4.53. The topological polar surface area (TPSA) is 83.4 Å². The zero-order valence-electron chi connectivity index (χ0n) is 11.2. The molecule has 0 atom stereocenters. The zero-order chi connectivity index (χ0) is 15.2. The first-order chi connectivity index (χ1) is 10.1. The van der Waals surface area contributed by atoms with Crippen LogP contribution in [-0.2, 0) is 0 Å². The van der Waals surface area contributed by atoms with Gasteiger partial charge in [-0.25, -0.2) is 0 Å². The van der Waals surface area contributed by atoms with Crippen LogP contribution in [0.5, 0.6) is 0 Å². The Labute approximate surface area is 126 Å². The molecule has 2 amide bonds. The van der Waals surface area contributed by atoms with Crippen molar-refractivity contribution in [3.8, 4) is 0 Å². The molecule has 3 N–H and O–H groups in total. The molecule has 6 nitrogen and oxygen atoms in total. The minimum Gasteiger partial charge on any atom is -0.469 e. The van der Waals surface area contributed by atoms with E-state index in [-0.39, 0.29) is 11.0 Å². The highest BCUT2D eigenvalue weighted by Gasteiger charge is 2.12. The van der Waals surface area contributed by atoms with Gasteiger partial charge in [0.25, 0.3) is 11.8 Å². The Morgan fingerprint density at radius 2 is 1.76 bits per heavy atom. The number of aryl methyl sites for hydroxylation is 1. The predicted molar refractivity (Wildman–Crippen MR) is 80.6 cm³/mol. The highest BCUT2D eigenvalue weighted by molar-refractivity contribution is 7.80. The van der Waals surface area contributed by atoms with Gasteiger partial charge in [-0.1, -0.05) is 18.2 Å². The molecule has 0 aliphatic heterocycles. The summed E-state index contributed by atoms with van der Waals surface area (Å²) in [5.74, 6) is -0.270. The molecule has 0 fully saturated rings. The maximum atomic E-state index is 11.8. The molecular weight excluding hydrogens is 290 g/mol. The maximum Gasteiger partial charge on any atom is 0.273 e. The molecule has 7 heteroatoms. The van der Waals surface area contributed by atoms with Crippen LogP contribution in [0.3, 0.4) is 0 Å². The van der Waals surface area contributed by atoms with Crippen LogP contribution in [0, 0.1) is 6.92 Å². The smallest absolute Gasteiger partial charge is 0.273 e. The Morgan fingerprint density at radius 1 is 1.05 bits per heavy atom. The van der Waals surface area contributed by atoms with E-state index in [1.165, 1.54) is 12.3 Å². The summed E-state index contributed by atoms with van der Waals surface area (Å²) in [7, 11) is 0. The molecular formula is C14H13N3O3S. The van der Waals surface area contributed by atoms with Crippen molar-refractivity contribution in [3.63, 3.8) is 0 Å². The normalized spacial score (nSPS) is 9.76. The summed E-state index contributed by atoms with van der Waals surface area (Å²) in [6, 6.07) is 10.2. The summed E-state index contributed by atoms with van der Waals surface area (Å²) in [5.41, 5.74) is 5.69. The highest BCUT2D eigenvalue weighted by atomic mass is 32.1. The average molecular weight is 303 g/mol. The minimum absolute atomic E-state index is 0.00153. The number of amides is 2. The molecule has 0 saturated heterocycles. The van der Waals surface area contributed by atoms with Crippen molar-refractivity contribution in [3.05, 3.63) is 59.5 Å². The van der Waals surface area contributed by atoms with Gasteiger partial charge in [0.2, 0.25) is 0 Å². The second-order valence-electron chi connectivity index (χ2n) is 4.12. The molecule has 2 aromatic rings. The fourth-order valence-electron chi connectivity index (χ4n) is 1.60. The molecule has 1 aromatic carbocycles. The van der Waals surface area contributed by atoms with Crippen LogP contribution in [0.4, 0.5) is 0 Å². The van der Waals surface area contributed by atoms with Gasteiger partial charge in [-0.3, -0.25) is 25.8 Å². The Morgan fingerprint density at radius 3 is 2.38 bits per heavy atom. The van der Waals surface area contributed by atoms with Crippen LogP contribution >= 0.6 is 12.2 Å². The number of hydrazine groups is 1. The van der Waals surface area contributed by atoms with Crippen molar-refractivity contribution in [1.29, 1.82) is 0 Å². The van der Waals surface area contributed by atoms with Crippen molar-refractivity contribution in [2.45, 2.75) is 6.92 Å². The SMILES string of the molecule is Cc1occc1C(=O)NNC(=S)NC(=O)c1ccccc1. The first-order valence-corrected chi connectivity index (χ1v) is 6.49. The van der Waals surface area contributed by atoms with Crippen LogP contribution in [0.1, 0.15) is 26.5 Å². The molecule has 108 valence electrons. The summed E-state index contributed by atoms with van der Waals surface area (Å²) < 4.78 is 5.02. The number of thiocarbonyl (C=S) groups is 1. The van der Waals surface area contributed by atoms with E-state index in [1.807, 2.05) is 0 Å². The maximum absolute atomic E-state index is 11.8. The third-order valence-electron chi connectivity index (χ3n) is 2.66. The Kier molecular flexibility index (Phi) is 4.68. The lowest BCUT2D eigenvalue weighted by Crippen LogP contribution is -2.48. The number of hydrogen-bond donors (Lipinski definition) is 3. The molecule has 0 bridgehead atoms. The Hall–Kier alpha value is -2.67. The number of benzene rings is 1. The van der Waals surface area contributed by atoms with Crippen LogP contribution in [-0.4, -0.2) is 16.9 Å². The number of furan rings is 1. The third-order valence-corrected chi connectivity index (χ3v) is 2.86. The quantitative estimate of drug-likeness (QED) is 0.579. The van der Waals surface area contributed by atoms with Crippen molar-refractivity contribution < 1.29 is 14.0 Å². The Balaban J connectivity index is 1.84. The lowest BCUT2D eigenvalue weighted by atomic mass is 10.2. The van der Waals surface area contributed by atoms with Gasteiger partial charge in [0.05, 0.1) is 11.8 Å². The minimum atomic E-state index is -0.405. The van der Waals surface area contributed by atoms with E-state index in [2.05, 4.69) is 16.2 Å². The molecule has 2 rings (SSSR count). The summed E-state index contributed by atoms with van der Waals surface area (Å²) in [5, 5.41) is 2.45. The zero-order valence-corrected chi connectivity index (χ0v) is 12.0. The first kappa shape index (κ1) is 14.7. The van der Waals surface area contributed by atoms with Gasteiger partial charge >= 0.3 is 0 Å². The van der Waals surface area contributed by atoms with Crippen molar-refractivity contribution in [2.24, 2.45) is 0 Å². The van der Waals surface area contributed by atoms with Gasteiger partial charge in [0.15, 0.2) is 5.11 Å². The number of rotatable bonds is 2. The number of nitrogens with one attached hydrogen (secondary N) is 3. The number of carbonyl (C=O) groups is 2. The Bertz CT molecular complexity index is 667. The summed E-state index contributed by atoms with van der Waals surface area (Å²) in [4.78, 5) is 23.6. The molecule has 0 spiro atoms. The molecule has 0 unspecified atom stereocenters. The molecule has 0 saturated carbocycles.